The molecule has 73 heavy (non-hydrogen) atoms. The van der Waals surface area contributed by atoms with E-state index in [2.05, 4.69) is 0 Å². The minimum atomic E-state index is -1.61. The molecular weight excluding hydrogens is 969 g/mol. The number of rotatable bonds is 14. The number of aliphatic hydroxyl groups excluding tert-OH is 7. The van der Waals surface area contributed by atoms with E-state index in [1.165, 1.54) is 26.2 Å². The van der Waals surface area contributed by atoms with Crippen molar-refractivity contribution in [3.05, 3.63) is 28.8 Å². The Hall–Kier alpha value is -3.57. The van der Waals surface area contributed by atoms with Gasteiger partial charge in [0.05, 0.1) is 72.0 Å². The summed E-state index contributed by atoms with van der Waals surface area (Å²) in [5.74, 6) is -4.75. The predicted octanol–water partition coefficient (Wildman–Crippen LogP) is 0.208. The van der Waals surface area contributed by atoms with Crippen LogP contribution >= 0.6 is 0 Å². The van der Waals surface area contributed by atoms with E-state index in [0.717, 1.165) is 6.92 Å². The molecule has 6 aliphatic rings. The van der Waals surface area contributed by atoms with Crippen LogP contribution in [0.15, 0.2) is 12.1 Å². The highest BCUT2D eigenvalue weighted by Crippen LogP contribution is 2.47. The Morgan fingerprint density at radius 3 is 1.48 bits per heavy atom. The number of benzene rings is 2. The molecule has 9 N–H and O–H groups in total. The predicted molar refractivity (Wildman–Crippen MR) is 247 cm³/mol. The minimum Gasteiger partial charge on any atom is -0.507 e. The summed E-state index contributed by atoms with van der Waals surface area (Å²) in [4.78, 5) is 41.0. The topological polar surface area (TPSA) is 335 Å². The molecule has 5 heterocycles. The summed E-state index contributed by atoms with van der Waals surface area (Å²) >= 11 is 0. The van der Waals surface area contributed by atoms with E-state index in [1.54, 1.807) is 34.6 Å². The molecule has 23 nitrogen and oxygen atoms in total. The fraction of sp³-hybridized carbons (Fsp3) is 0.740. The summed E-state index contributed by atoms with van der Waals surface area (Å²) in [7, 11) is 1.20. The molecule has 0 radical (unpaired) electrons. The third kappa shape index (κ3) is 11.4. The quantitative estimate of drug-likeness (QED) is 0.114. The van der Waals surface area contributed by atoms with Gasteiger partial charge in [-0.3, -0.25) is 14.4 Å². The number of methoxy groups -OCH3 is 1. The van der Waals surface area contributed by atoms with Crippen molar-refractivity contribution in [1.82, 2.24) is 0 Å². The number of aliphatic hydroxyl groups is 7. The van der Waals surface area contributed by atoms with Crippen molar-refractivity contribution in [3.8, 4) is 17.2 Å². The van der Waals surface area contributed by atoms with E-state index in [1.807, 2.05) is 0 Å². The number of hydrogen-bond acceptors (Lipinski definition) is 23. The Bertz CT molecular complexity index is 2290. The van der Waals surface area contributed by atoms with Crippen LogP contribution in [0.2, 0.25) is 0 Å². The number of ether oxygens (including phenoxy) is 11. The van der Waals surface area contributed by atoms with Gasteiger partial charge in [0.15, 0.2) is 36.7 Å². The first kappa shape index (κ1) is 55.7. The fourth-order valence-corrected chi connectivity index (χ4v) is 10.8. The third-order valence-corrected chi connectivity index (χ3v) is 15.1. The van der Waals surface area contributed by atoms with Crippen LogP contribution in [0.4, 0.5) is 0 Å². The lowest BCUT2D eigenvalue weighted by molar-refractivity contribution is -0.329. The molecule has 408 valence electrons. The standard InChI is InChI=1S/C50H70O23/c1-17-29(69-35-14-30(44(58)21(5)66-35)70-33-12-27(52)42(56)19(3)64-33)11-25-9-24-10-26(49(63-8)41(55)18(2)51)50(48(62)39(24)47(61)38(25)40(17)54)73-37-16-32(46(60)23(7)68-37)72-36-15-31(45(59)22(6)67-36)71-34-13-28(53)43(57)20(4)65-34/h9,11,19-23,26-28,30-37,42-46,49-50,52-54,56-61H,10,12-16H2,1-8H3/t19-,20-,21-,22-,23-,26+,27-,28+,30-,31-,32-,33+,34+,35+,36+,37+,42-,43-,44-,45-,46-,49+,50+/m1/s1. The molecular formula is C50H70O23. The maximum absolute atomic E-state index is 14.9. The lowest BCUT2D eigenvalue weighted by Gasteiger charge is -2.45. The van der Waals surface area contributed by atoms with Crippen molar-refractivity contribution >= 4 is 28.1 Å². The average molecular weight is 1040 g/mol. The number of ketones is 3. The number of Topliss-reactive ketones (excluding diaryl/α,β-unsaturated/α-hetero) is 3. The number of hydrogen-bond donors (Lipinski definition) is 9. The Kier molecular flexibility index (Phi) is 17.2. The maximum Gasteiger partial charge on any atom is 0.227 e. The van der Waals surface area contributed by atoms with Gasteiger partial charge in [-0.2, -0.15) is 0 Å². The molecule has 0 bridgehead atoms. The first-order valence-corrected chi connectivity index (χ1v) is 24.9. The van der Waals surface area contributed by atoms with E-state index in [0.29, 0.717) is 0 Å². The van der Waals surface area contributed by atoms with Gasteiger partial charge in [-0.15, -0.1) is 0 Å². The zero-order chi connectivity index (χ0) is 53.1. The summed E-state index contributed by atoms with van der Waals surface area (Å²) in [6.45, 7) is 10.5. The van der Waals surface area contributed by atoms with Gasteiger partial charge in [0.25, 0.3) is 0 Å². The molecule has 5 aliphatic heterocycles. The highest BCUT2D eigenvalue weighted by molar-refractivity contribution is 6.38. The van der Waals surface area contributed by atoms with Gasteiger partial charge in [0, 0.05) is 57.6 Å². The van der Waals surface area contributed by atoms with Crippen LogP contribution in [0.3, 0.4) is 0 Å². The lowest BCUT2D eigenvalue weighted by atomic mass is 9.75. The van der Waals surface area contributed by atoms with Gasteiger partial charge in [0.1, 0.15) is 60.0 Å². The van der Waals surface area contributed by atoms with E-state index >= 15 is 0 Å². The summed E-state index contributed by atoms with van der Waals surface area (Å²) in [6, 6.07) is 3.06. The molecule has 5 saturated heterocycles. The maximum atomic E-state index is 14.9. The molecule has 0 saturated carbocycles. The fourth-order valence-electron chi connectivity index (χ4n) is 10.8. The Morgan fingerprint density at radius 1 is 0.603 bits per heavy atom. The highest BCUT2D eigenvalue weighted by atomic mass is 16.7. The molecule has 23 atom stereocenters. The Morgan fingerprint density at radius 2 is 1.03 bits per heavy atom. The average Bonchev–Trinajstić information content (AvgIpc) is 3.32. The van der Waals surface area contributed by atoms with Crippen molar-refractivity contribution < 1.29 is 112 Å². The first-order valence-electron chi connectivity index (χ1n) is 24.9. The number of carbonyl (C=O) groups is 3. The Labute approximate surface area is 421 Å². The second-order valence-electron chi connectivity index (χ2n) is 20.3. The SMILES string of the molecule is CO[C@H](C(=O)C(C)=O)[C@@H]1Cc2cc3cc(O[C@H]4C[C@@H](O[C@H]5C[C@@H](O)[C@H](O)[C@@H](C)O5)[C@H](O)[C@@H](C)O4)c(C)c(O)c3c(O)c2C(=O)[C@H]1O[C@H]1C[C@@H](O[C@H]2C[C@@H](O[C@H]3C[C@H](O)[C@H](O)[C@@H](C)O3)[C@H](O)[C@@H](C)O2)[C@H](O)[C@@H](C)O1. The van der Waals surface area contributed by atoms with Crippen molar-refractivity contribution in [2.45, 2.75) is 222 Å². The minimum absolute atomic E-state index is 0.0240. The summed E-state index contributed by atoms with van der Waals surface area (Å²) < 4.78 is 66.2. The summed E-state index contributed by atoms with van der Waals surface area (Å²) in [5, 5.41) is 98.1. The van der Waals surface area contributed by atoms with Crippen LogP contribution in [0.25, 0.3) is 10.8 Å². The first-order chi connectivity index (χ1) is 34.4. The van der Waals surface area contributed by atoms with Gasteiger partial charge < -0.3 is 98.1 Å². The molecule has 0 amide bonds. The monoisotopic (exact) mass is 1040 g/mol. The van der Waals surface area contributed by atoms with E-state index in [-0.39, 0.29) is 71.7 Å². The zero-order valence-electron chi connectivity index (χ0n) is 41.9. The molecule has 1 aliphatic carbocycles. The second kappa shape index (κ2) is 22.6. The number of phenols is 2. The molecule has 8 rings (SSSR count). The normalized spacial score (nSPS) is 41.8. The number of aromatic hydroxyl groups is 2. The van der Waals surface area contributed by atoms with Gasteiger partial charge in [-0.25, -0.2) is 0 Å². The van der Waals surface area contributed by atoms with Gasteiger partial charge >= 0.3 is 0 Å². The van der Waals surface area contributed by atoms with Crippen LogP contribution < -0.4 is 4.74 Å². The van der Waals surface area contributed by atoms with E-state index < -0.39 is 170 Å². The molecule has 2 aromatic carbocycles. The van der Waals surface area contributed by atoms with Crippen LogP contribution in [-0.2, 0) is 63.4 Å². The third-order valence-electron chi connectivity index (χ3n) is 15.1. The van der Waals surface area contributed by atoms with Crippen molar-refractivity contribution in [2.75, 3.05) is 7.11 Å². The smallest absolute Gasteiger partial charge is 0.227 e. The molecule has 2 aromatic rings. The van der Waals surface area contributed by atoms with Crippen LogP contribution in [0.1, 0.15) is 95.1 Å². The largest absolute Gasteiger partial charge is 0.507 e. The molecule has 5 fully saturated rings. The number of phenolic OH excluding ortho intramolecular Hbond substituents is 2. The second-order valence-corrected chi connectivity index (χ2v) is 20.3. The zero-order valence-corrected chi connectivity index (χ0v) is 41.9. The van der Waals surface area contributed by atoms with E-state index in [4.69, 9.17) is 52.1 Å². The molecule has 23 heteroatoms. The van der Waals surface area contributed by atoms with Crippen molar-refractivity contribution in [3.63, 3.8) is 0 Å². The van der Waals surface area contributed by atoms with Crippen LogP contribution in [0.5, 0.6) is 17.2 Å². The summed E-state index contributed by atoms with van der Waals surface area (Å²) in [6.07, 6.45) is -23.9. The van der Waals surface area contributed by atoms with Gasteiger partial charge in [-0.1, -0.05) is 0 Å². The number of fused-ring (bicyclic) bond motifs is 2. The van der Waals surface area contributed by atoms with E-state index in [9.17, 15) is 60.3 Å². The van der Waals surface area contributed by atoms with Crippen LogP contribution in [0, 0.1) is 12.8 Å². The van der Waals surface area contributed by atoms with Gasteiger partial charge in [-0.05, 0) is 71.0 Å². The lowest BCUT2D eigenvalue weighted by Crippen LogP contribution is -2.56. The number of carbonyl (C=O) groups excluding carboxylic acids is 3. The van der Waals surface area contributed by atoms with Gasteiger partial charge in [0.2, 0.25) is 12.1 Å². The van der Waals surface area contributed by atoms with Crippen molar-refractivity contribution in [2.24, 2.45) is 5.92 Å². The molecule has 0 aromatic heterocycles. The molecule has 0 unspecified atom stereocenters. The Balaban J connectivity index is 1.03. The highest BCUT2D eigenvalue weighted by Gasteiger charge is 2.50. The van der Waals surface area contributed by atoms with Crippen LogP contribution in [-0.4, -0.2) is 206 Å². The summed E-state index contributed by atoms with van der Waals surface area (Å²) in [5.41, 5.74) is 0.135. The molecule has 0 spiro atoms. The van der Waals surface area contributed by atoms with Crippen molar-refractivity contribution in [1.29, 1.82) is 0 Å².